The SMILES string of the molecule is COC(CNC(=O)N(C)CC1(O)CCCC1)C(=O)O. The van der Waals surface area contributed by atoms with Crippen molar-refractivity contribution in [1.82, 2.24) is 10.2 Å². The third-order valence-corrected chi connectivity index (χ3v) is 3.41. The minimum atomic E-state index is -1.13. The zero-order chi connectivity index (χ0) is 14.5. The van der Waals surface area contributed by atoms with Gasteiger partial charge in [0.15, 0.2) is 6.10 Å². The number of methoxy groups -OCH3 is 1. The highest BCUT2D eigenvalue weighted by Crippen LogP contribution is 2.29. The van der Waals surface area contributed by atoms with Crippen LogP contribution in [0, 0.1) is 0 Å². The summed E-state index contributed by atoms with van der Waals surface area (Å²) in [5.74, 6) is -1.13. The zero-order valence-corrected chi connectivity index (χ0v) is 11.4. The maximum atomic E-state index is 11.8. The fourth-order valence-corrected chi connectivity index (χ4v) is 2.29. The van der Waals surface area contributed by atoms with Gasteiger partial charge in [-0.1, -0.05) is 12.8 Å². The maximum absolute atomic E-state index is 11.8. The molecular formula is C12H22N2O5. The van der Waals surface area contributed by atoms with E-state index in [-0.39, 0.29) is 13.1 Å². The summed E-state index contributed by atoms with van der Waals surface area (Å²) in [6.07, 6.45) is 2.26. The molecule has 1 aliphatic rings. The lowest BCUT2D eigenvalue weighted by molar-refractivity contribution is -0.148. The van der Waals surface area contributed by atoms with Gasteiger partial charge in [-0.3, -0.25) is 0 Å². The zero-order valence-electron chi connectivity index (χ0n) is 11.4. The minimum absolute atomic E-state index is 0.104. The van der Waals surface area contributed by atoms with E-state index in [0.29, 0.717) is 12.8 Å². The number of likely N-dealkylation sites (N-methyl/N-ethyl adjacent to an activating group) is 1. The fourth-order valence-electron chi connectivity index (χ4n) is 2.29. The van der Waals surface area contributed by atoms with Gasteiger partial charge < -0.3 is 25.2 Å². The largest absolute Gasteiger partial charge is 0.479 e. The van der Waals surface area contributed by atoms with Gasteiger partial charge >= 0.3 is 12.0 Å². The Morgan fingerprint density at radius 3 is 2.47 bits per heavy atom. The smallest absolute Gasteiger partial charge is 0.334 e. The third-order valence-electron chi connectivity index (χ3n) is 3.41. The number of nitrogens with zero attached hydrogens (tertiary/aromatic N) is 1. The second kappa shape index (κ2) is 6.72. The van der Waals surface area contributed by atoms with E-state index >= 15 is 0 Å². The van der Waals surface area contributed by atoms with Crippen LogP contribution in [0.1, 0.15) is 25.7 Å². The minimum Gasteiger partial charge on any atom is -0.479 e. The molecule has 0 saturated heterocycles. The van der Waals surface area contributed by atoms with Crippen LogP contribution in [0.4, 0.5) is 4.79 Å². The standard InChI is InChI=1S/C12H22N2O5/c1-14(8-12(18)5-3-4-6-12)11(17)13-7-9(19-2)10(15)16/h9,18H,3-8H2,1-2H3,(H,13,17)(H,15,16). The highest BCUT2D eigenvalue weighted by Gasteiger charge is 2.33. The number of amides is 2. The van der Waals surface area contributed by atoms with Crippen molar-refractivity contribution in [3.63, 3.8) is 0 Å². The molecular weight excluding hydrogens is 252 g/mol. The van der Waals surface area contributed by atoms with Gasteiger partial charge in [-0.15, -0.1) is 0 Å². The van der Waals surface area contributed by atoms with Crippen molar-refractivity contribution in [2.75, 3.05) is 27.2 Å². The number of aliphatic hydroxyl groups is 1. The summed E-state index contributed by atoms with van der Waals surface area (Å²) >= 11 is 0. The molecule has 0 spiro atoms. The van der Waals surface area contributed by atoms with Crippen LogP contribution < -0.4 is 5.32 Å². The molecule has 7 heteroatoms. The summed E-state index contributed by atoms with van der Waals surface area (Å²) in [5, 5.41) is 21.4. The molecule has 0 aromatic rings. The molecule has 7 nitrogen and oxygen atoms in total. The van der Waals surface area contributed by atoms with Gasteiger partial charge in [0.2, 0.25) is 0 Å². The normalized spacial score (nSPS) is 18.9. The molecule has 0 radical (unpaired) electrons. The Morgan fingerprint density at radius 1 is 1.42 bits per heavy atom. The summed E-state index contributed by atoms with van der Waals surface area (Å²) < 4.78 is 4.71. The van der Waals surface area contributed by atoms with Gasteiger partial charge in [0, 0.05) is 14.2 Å². The average Bonchev–Trinajstić information content (AvgIpc) is 2.75. The van der Waals surface area contributed by atoms with Crippen LogP contribution in [-0.2, 0) is 9.53 Å². The molecule has 0 aromatic carbocycles. The molecule has 1 aliphatic carbocycles. The van der Waals surface area contributed by atoms with E-state index in [1.807, 2.05) is 0 Å². The number of hydrogen-bond acceptors (Lipinski definition) is 4. The second-order valence-corrected chi connectivity index (χ2v) is 5.04. The molecule has 0 bridgehead atoms. The van der Waals surface area contributed by atoms with E-state index < -0.39 is 23.7 Å². The van der Waals surface area contributed by atoms with Crippen molar-refractivity contribution in [3.05, 3.63) is 0 Å². The first-order valence-corrected chi connectivity index (χ1v) is 6.35. The second-order valence-electron chi connectivity index (χ2n) is 5.04. The molecule has 1 fully saturated rings. The number of urea groups is 1. The number of carbonyl (C=O) groups is 2. The Bertz CT molecular complexity index is 328. The summed E-state index contributed by atoms with van der Waals surface area (Å²) in [4.78, 5) is 23.9. The Hall–Kier alpha value is -1.34. The van der Waals surface area contributed by atoms with Gasteiger partial charge in [0.05, 0.1) is 18.7 Å². The number of aliphatic carboxylic acids is 1. The lowest BCUT2D eigenvalue weighted by atomic mass is 10.0. The molecule has 0 heterocycles. The van der Waals surface area contributed by atoms with Gasteiger partial charge in [0.1, 0.15) is 0 Å². The van der Waals surface area contributed by atoms with Crippen molar-refractivity contribution in [1.29, 1.82) is 0 Å². The first kappa shape index (κ1) is 15.7. The van der Waals surface area contributed by atoms with Gasteiger partial charge in [-0.2, -0.15) is 0 Å². The molecule has 0 aromatic heterocycles. The predicted molar refractivity (Wildman–Crippen MR) is 67.9 cm³/mol. The van der Waals surface area contributed by atoms with Gasteiger partial charge in [-0.25, -0.2) is 9.59 Å². The van der Waals surface area contributed by atoms with Gasteiger partial charge in [0.25, 0.3) is 0 Å². The Morgan fingerprint density at radius 2 is 2.00 bits per heavy atom. The number of rotatable bonds is 6. The summed E-state index contributed by atoms with van der Waals surface area (Å²) in [5.41, 5.74) is -0.806. The lowest BCUT2D eigenvalue weighted by Crippen LogP contribution is -2.48. The Kier molecular flexibility index (Phi) is 5.56. The number of carboxylic acid groups (broad SMARTS) is 1. The summed E-state index contributed by atoms with van der Waals surface area (Å²) in [7, 11) is 2.85. The topological polar surface area (TPSA) is 99.1 Å². The van der Waals surface area contributed by atoms with E-state index in [0.717, 1.165) is 12.8 Å². The fraction of sp³-hybridized carbons (Fsp3) is 0.833. The highest BCUT2D eigenvalue weighted by molar-refractivity contribution is 5.76. The van der Waals surface area contributed by atoms with E-state index in [2.05, 4.69) is 5.32 Å². The predicted octanol–water partition coefficient (Wildman–Crippen LogP) is 0.0325. The van der Waals surface area contributed by atoms with Gasteiger partial charge in [-0.05, 0) is 12.8 Å². The van der Waals surface area contributed by atoms with Crippen LogP contribution in [-0.4, -0.2) is 66.1 Å². The molecule has 2 amide bonds. The molecule has 110 valence electrons. The van der Waals surface area contributed by atoms with E-state index in [1.165, 1.54) is 12.0 Å². The molecule has 1 atom stereocenters. The number of hydrogen-bond donors (Lipinski definition) is 3. The van der Waals surface area contributed by atoms with Crippen molar-refractivity contribution >= 4 is 12.0 Å². The third kappa shape index (κ3) is 4.68. The molecule has 19 heavy (non-hydrogen) atoms. The first-order valence-electron chi connectivity index (χ1n) is 6.35. The lowest BCUT2D eigenvalue weighted by Gasteiger charge is -2.28. The van der Waals surface area contributed by atoms with Crippen molar-refractivity contribution in [2.24, 2.45) is 0 Å². The molecule has 3 N–H and O–H groups in total. The molecule has 1 rings (SSSR count). The number of carbonyl (C=O) groups excluding carboxylic acids is 1. The van der Waals surface area contributed by atoms with Crippen LogP contribution in [0.5, 0.6) is 0 Å². The van der Waals surface area contributed by atoms with Crippen LogP contribution >= 0.6 is 0 Å². The maximum Gasteiger partial charge on any atom is 0.334 e. The van der Waals surface area contributed by atoms with E-state index in [1.54, 1.807) is 7.05 Å². The first-order chi connectivity index (χ1) is 8.88. The number of carboxylic acids is 1. The van der Waals surface area contributed by atoms with Crippen LogP contribution in [0.15, 0.2) is 0 Å². The van der Waals surface area contributed by atoms with Crippen LogP contribution in [0.2, 0.25) is 0 Å². The van der Waals surface area contributed by atoms with E-state index in [9.17, 15) is 14.7 Å². The molecule has 0 aliphatic heterocycles. The van der Waals surface area contributed by atoms with Crippen LogP contribution in [0.25, 0.3) is 0 Å². The van der Waals surface area contributed by atoms with Crippen LogP contribution in [0.3, 0.4) is 0 Å². The summed E-state index contributed by atoms with van der Waals surface area (Å²) in [6.45, 7) is 0.150. The summed E-state index contributed by atoms with van der Waals surface area (Å²) in [6, 6.07) is -0.413. The molecule has 1 unspecified atom stereocenters. The number of nitrogens with one attached hydrogen (secondary N) is 1. The Balaban J connectivity index is 2.38. The van der Waals surface area contributed by atoms with Crippen molar-refractivity contribution in [2.45, 2.75) is 37.4 Å². The number of ether oxygens (including phenoxy) is 1. The average molecular weight is 274 g/mol. The van der Waals surface area contributed by atoms with Crippen molar-refractivity contribution < 1.29 is 24.5 Å². The highest BCUT2D eigenvalue weighted by atomic mass is 16.5. The monoisotopic (exact) mass is 274 g/mol. The quantitative estimate of drug-likeness (QED) is 0.635. The van der Waals surface area contributed by atoms with Crippen molar-refractivity contribution in [3.8, 4) is 0 Å². The Labute approximate surface area is 112 Å². The molecule has 1 saturated carbocycles. The van der Waals surface area contributed by atoms with E-state index in [4.69, 9.17) is 9.84 Å².